The lowest BCUT2D eigenvalue weighted by Gasteiger charge is -2.25. The van der Waals surface area contributed by atoms with Gasteiger partial charge in [0.15, 0.2) is 6.29 Å². The Kier molecular flexibility index (Phi) is 6.21. The molecule has 0 saturated heterocycles. The molecule has 0 saturated carbocycles. The van der Waals surface area contributed by atoms with Gasteiger partial charge in [0.1, 0.15) is 5.75 Å². The van der Waals surface area contributed by atoms with Crippen LogP contribution in [0.15, 0.2) is 18.2 Å². The number of hydrogen-bond acceptors (Lipinski definition) is 4. The van der Waals surface area contributed by atoms with E-state index in [9.17, 15) is 4.79 Å². The zero-order chi connectivity index (χ0) is 15.9. The average Bonchev–Trinajstić information content (AvgIpc) is 2.57. The number of fused-ring (bicyclic) bond motifs is 1. The van der Waals surface area contributed by atoms with Crippen molar-refractivity contribution in [2.45, 2.75) is 45.3 Å². The van der Waals surface area contributed by atoms with Gasteiger partial charge >= 0.3 is 0 Å². The van der Waals surface area contributed by atoms with Gasteiger partial charge < -0.3 is 9.47 Å². The van der Waals surface area contributed by atoms with E-state index in [1.54, 1.807) is 14.2 Å². The Morgan fingerprint density at radius 1 is 1.36 bits per heavy atom. The number of amides is 1. The first-order chi connectivity index (χ1) is 10.7. The zero-order valence-corrected chi connectivity index (χ0v) is 13.6. The third kappa shape index (κ3) is 4.21. The van der Waals surface area contributed by atoms with Gasteiger partial charge in [-0.1, -0.05) is 19.4 Å². The van der Waals surface area contributed by atoms with Crippen molar-refractivity contribution in [3.05, 3.63) is 29.3 Å². The number of carbonyl (C=O) groups excluding carboxylic acids is 1. The first-order valence-corrected chi connectivity index (χ1v) is 7.82. The molecule has 0 aliphatic heterocycles. The quantitative estimate of drug-likeness (QED) is 0.621. The summed E-state index contributed by atoms with van der Waals surface area (Å²) in [6, 6.07) is 6.05. The Balaban J connectivity index is 1.90. The van der Waals surface area contributed by atoms with Crippen LogP contribution in [0.2, 0.25) is 0 Å². The molecule has 0 radical (unpaired) electrons. The molecule has 5 heteroatoms. The normalized spacial score (nSPS) is 18.4. The Morgan fingerprint density at radius 3 is 2.86 bits per heavy atom. The highest BCUT2D eigenvalue weighted by Crippen LogP contribution is 2.28. The number of ether oxygens (including phenoxy) is 2. The van der Waals surface area contributed by atoms with E-state index in [0.717, 1.165) is 37.9 Å². The summed E-state index contributed by atoms with van der Waals surface area (Å²) < 4.78 is 10.4. The fraction of sp³-hybridized carbons (Fsp3) is 0.588. The number of nitrogens with one attached hydrogen (secondary N) is 1. The van der Waals surface area contributed by atoms with Gasteiger partial charge in [0.25, 0.3) is 0 Å². The second-order valence-corrected chi connectivity index (χ2v) is 5.61. The predicted molar refractivity (Wildman–Crippen MR) is 83.4 cm³/mol. The Bertz CT molecular complexity index is 503. The molecule has 0 heterocycles. The summed E-state index contributed by atoms with van der Waals surface area (Å²) >= 11 is 0. The van der Waals surface area contributed by atoms with Gasteiger partial charge in [-0.15, -0.1) is 0 Å². The third-order valence-corrected chi connectivity index (χ3v) is 4.09. The van der Waals surface area contributed by atoms with E-state index in [1.165, 1.54) is 11.1 Å². The molecule has 2 unspecified atom stereocenters. The van der Waals surface area contributed by atoms with Crippen molar-refractivity contribution in [2.75, 3.05) is 14.2 Å². The van der Waals surface area contributed by atoms with E-state index >= 15 is 0 Å². The summed E-state index contributed by atoms with van der Waals surface area (Å²) in [5, 5.41) is 0. The van der Waals surface area contributed by atoms with Crippen LogP contribution in [-0.2, 0) is 27.2 Å². The van der Waals surface area contributed by atoms with Crippen LogP contribution in [-0.4, -0.2) is 26.4 Å². The second kappa shape index (κ2) is 8.15. The first-order valence-electron chi connectivity index (χ1n) is 7.82. The van der Waals surface area contributed by atoms with Crippen molar-refractivity contribution in [3.63, 3.8) is 0 Å². The minimum atomic E-state index is -0.380. The van der Waals surface area contributed by atoms with Gasteiger partial charge in [0.05, 0.1) is 7.11 Å². The minimum Gasteiger partial charge on any atom is -0.497 e. The molecule has 5 nitrogen and oxygen atoms in total. The lowest BCUT2D eigenvalue weighted by atomic mass is 9.83. The molecule has 22 heavy (non-hydrogen) atoms. The van der Waals surface area contributed by atoms with Crippen LogP contribution in [0.1, 0.15) is 37.3 Å². The van der Waals surface area contributed by atoms with Gasteiger partial charge in [-0.2, -0.15) is 0 Å². The van der Waals surface area contributed by atoms with E-state index in [0.29, 0.717) is 0 Å². The molecule has 2 atom stereocenters. The molecule has 1 aliphatic rings. The molecule has 1 N–H and O–H groups in total. The van der Waals surface area contributed by atoms with Crippen LogP contribution in [0.5, 0.6) is 5.75 Å². The summed E-state index contributed by atoms with van der Waals surface area (Å²) in [6.45, 7) is 2.05. The van der Waals surface area contributed by atoms with Crippen molar-refractivity contribution >= 4 is 5.91 Å². The lowest BCUT2D eigenvalue weighted by molar-refractivity contribution is -0.182. The molecular weight excluding hydrogens is 282 g/mol. The summed E-state index contributed by atoms with van der Waals surface area (Å²) in [5.41, 5.74) is 5.03. The molecule has 1 aliphatic carbocycles. The van der Waals surface area contributed by atoms with Gasteiger partial charge in [0, 0.05) is 19.4 Å². The minimum absolute atomic E-state index is 0.0555. The SMILES string of the molecule is CCCC(OC)ONC(=O)C1CCc2cc(OC)ccc2C1. The number of hydroxylamine groups is 1. The van der Waals surface area contributed by atoms with Gasteiger partial charge in [-0.05, 0) is 42.5 Å². The third-order valence-electron chi connectivity index (χ3n) is 4.09. The molecule has 0 bridgehead atoms. The molecule has 1 aromatic carbocycles. The van der Waals surface area contributed by atoms with Crippen molar-refractivity contribution < 1.29 is 19.1 Å². The summed E-state index contributed by atoms with van der Waals surface area (Å²) in [4.78, 5) is 17.6. The van der Waals surface area contributed by atoms with E-state index in [4.69, 9.17) is 14.3 Å². The highest BCUT2D eigenvalue weighted by molar-refractivity contribution is 5.78. The van der Waals surface area contributed by atoms with Crippen LogP contribution < -0.4 is 10.2 Å². The lowest BCUT2D eigenvalue weighted by Crippen LogP contribution is -2.37. The topological polar surface area (TPSA) is 56.8 Å². The molecule has 122 valence electrons. The second-order valence-electron chi connectivity index (χ2n) is 5.61. The summed E-state index contributed by atoms with van der Waals surface area (Å²) in [5.74, 6) is 0.743. The Morgan fingerprint density at radius 2 is 2.18 bits per heavy atom. The molecule has 0 spiro atoms. The number of aryl methyl sites for hydroxylation is 1. The standard InChI is InChI=1S/C17H25NO4/c1-4-5-16(21-3)22-18-17(19)14-7-6-13-11-15(20-2)9-8-12(13)10-14/h8-9,11,14,16H,4-7,10H2,1-3H3,(H,18,19). The van der Waals surface area contributed by atoms with E-state index in [2.05, 4.69) is 11.5 Å². The summed E-state index contributed by atoms with van der Waals surface area (Å²) in [6.07, 6.45) is 3.75. The number of carbonyl (C=O) groups is 1. The van der Waals surface area contributed by atoms with E-state index in [1.807, 2.05) is 19.1 Å². The fourth-order valence-electron chi connectivity index (χ4n) is 2.75. The Hall–Kier alpha value is -1.59. The number of methoxy groups -OCH3 is 2. The Labute approximate surface area is 131 Å². The van der Waals surface area contributed by atoms with Gasteiger partial charge in [0.2, 0.25) is 5.91 Å². The van der Waals surface area contributed by atoms with Crippen LogP contribution >= 0.6 is 0 Å². The highest BCUT2D eigenvalue weighted by atomic mass is 16.8. The maximum absolute atomic E-state index is 12.2. The van der Waals surface area contributed by atoms with Gasteiger partial charge in [-0.3, -0.25) is 4.79 Å². The molecule has 1 amide bonds. The van der Waals surface area contributed by atoms with Crippen molar-refractivity contribution in [1.82, 2.24) is 5.48 Å². The number of benzene rings is 1. The molecule has 1 aromatic rings. The largest absolute Gasteiger partial charge is 0.497 e. The van der Waals surface area contributed by atoms with Crippen molar-refractivity contribution in [3.8, 4) is 5.75 Å². The number of hydrogen-bond donors (Lipinski definition) is 1. The van der Waals surface area contributed by atoms with Crippen LogP contribution in [0.25, 0.3) is 0 Å². The molecule has 0 aromatic heterocycles. The zero-order valence-electron chi connectivity index (χ0n) is 13.6. The molecular formula is C17H25NO4. The summed E-state index contributed by atoms with van der Waals surface area (Å²) in [7, 11) is 3.25. The maximum Gasteiger partial charge on any atom is 0.247 e. The van der Waals surface area contributed by atoms with Crippen LogP contribution in [0.3, 0.4) is 0 Å². The van der Waals surface area contributed by atoms with Crippen molar-refractivity contribution in [2.24, 2.45) is 5.92 Å². The predicted octanol–water partition coefficient (Wildman–Crippen LogP) is 2.62. The van der Waals surface area contributed by atoms with Gasteiger partial charge in [-0.25, -0.2) is 10.3 Å². The van der Waals surface area contributed by atoms with Crippen LogP contribution in [0, 0.1) is 5.92 Å². The first kappa shape index (κ1) is 16.8. The average molecular weight is 307 g/mol. The molecule has 0 fully saturated rings. The van der Waals surface area contributed by atoms with E-state index in [-0.39, 0.29) is 18.1 Å². The fourth-order valence-corrected chi connectivity index (χ4v) is 2.75. The smallest absolute Gasteiger partial charge is 0.247 e. The monoisotopic (exact) mass is 307 g/mol. The number of rotatable bonds is 7. The van der Waals surface area contributed by atoms with Crippen LogP contribution in [0.4, 0.5) is 0 Å². The molecule has 2 rings (SSSR count). The maximum atomic E-state index is 12.2. The van der Waals surface area contributed by atoms with E-state index < -0.39 is 0 Å². The van der Waals surface area contributed by atoms with Crippen molar-refractivity contribution in [1.29, 1.82) is 0 Å². The highest BCUT2D eigenvalue weighted by Gasteiger charge is 2.25.